The maximum atomic E-state index is 13.2. The molecule has 1 N–H and O–H groups in total. The molecule has 0 aliphatic carbocycles. The van der Waals surface area contributed by atoms with Crippen LogP contribution in [0.2, 0.25) is 0 Å². The van der Waals surface area contributed by atoms with E-state index in [0.717, 1.165) is 33.3 Å². The first-order valence-electron chi connectivity index (χ1n) is 17.8. The molecule has 6 aromatic carbocycles. The minimum atomic E-state index is -0.327. The van der Waals surface area contributed by atoms with Gasteiger partial charge in [-0.2, -0.15) is 0 Å². The first-order chi connectivity index (χ1) is 26.8. The number of carbonyl (C=O) groups is 1. The van der Waals surface area contributed by atoms with Gasteiger partial charge in [-0.05, 0) is 123 Å². The number of ether oxygens (including phenoxy) is 4. The Bertz CT molecular complexity index is 2490. The molecular formula is C45H36N2O8. The smallest absolute Gasteiger partial charge is 0.227 e. The van der Waals surface area contributed by atoms with Crippen LogP contribution < -0.4 is 18.9 Å². The van der Waals surface area contributed by atoms with Crippen molar-refractivity contribution in [2.75, 3.05) is 13.2 Å². The predicted octanol–water partition coefficient (Wildman–Crippen LogP) is 9.93. The number of hydrogen-bond donors (Lipinski definition) is 1. The minimum absolute atomic E-state index is 0.161. The largest absolute Gasteiger partial charge is 0.507 e. The fourth-order valence-electron chi connectivity index (χ4n) is 5.95. The number of para-hydroxylation sites is 4. The third kappa shape index (κ3) is 8.13. The molecule has 2 heterocycles. The lowest BCUT2D eigenvalue weighted by atomic mass is 10.0. The van der Waals surface area contributed by atoms with Crippen molar-refractivity contribution < 1.29 is 37.7 Å². The highest BCUT2D eigenvalue weighted by atomic mass is 16.5. The van der Waals surface area contributed by atoms with Gasteiger partial charge in [-0.3, -0.25) is 4.79 Å². The van der Waals surface area contributed by atoms with Gasteiger partial charge >= 0.3 is 0 Å². The Balaban J connectivity index is 0.793. The van der Waals surface area contributed by atoms with Gasteiger partial charge in [0.2, 0.25) is 11.8 Å². The molecule has 0 saturated carbocycles. The zero-order valence-electron chi connectivity index (χ0n) is 30.0. The van der Waals surface area contributed by atoms with Crippen LogP contribution in [0.25, 0.3) is 45.1 Å². The Morgan fingerprint density at radius 3 is 1.53 bits per heavy atom. The van der Waals surface area contributed by atoms with Crippen LogP contribution in [0.15, 0.2) is 148 Å². The third-order valence-electron chi connectivity index (χ3n) is 8.76. The molecule has 0 fully saturated rings. The van der Waals surface area contributed by atoms with Crippen molar-refractivity contribution in [2.24, 2.45) is 0 Å². The molecule has 2 unspecified atom stereocenters. The fourth-order valence-corrected chi connectivity index (χ4v) is 5.95. The van der Waals surface area contributed by atoms with Crippen molar-refractivity contribution in [2.45, 2.75) is 26.1 Å². The van der Waals surface area contributed by atoms with E-state index in [9.17, 15) is 9.90 Å². The van der Waals surface area contributed by atoms with Crippen LogP contribution in [-0.4, -0.2) is 46.3 Å². The maximum absolute atomic E-state index is 13.2. The molecule has 2 aromatic heterocycles. The van der Waals surface area contributed by atoms with Crippen molar-refractivity contribution in [3.63, 3.8) is 0 Å². The predicted molar refractivity (Wildman–Crippen MR) is 208 cm³/mol. The third-order valence-corrected chi connectivity index (χ3v) is 8.76. The second-order valence-electron chi connectivity index (χ2n) is 13.0. The van der Waals surface area contributed by atoms with Crippen LogP contribution in [0.5, 0.6) is 28.7 Å². The number of aromatic nitrogens is 2. The molecule has 10 nitrogen and oxygen atoms in total. The van der Waals surface area contributed by atoms with Crippen molar-refractivity contribution in [3.8, 4) is 51.7 Å². The summed E-state index contributed by atoms with van der Waals surface area (Å²) >= 11 is 0. The van der Waals surface area contributed by atoms with Gasteiger partial charge in [0.05, 0.1) is 5.56 Å². The number of hydrogen-bond acceptors (Lipinski definition) is 10. The second kappa shape index (κ2) is 15.5. The van der Waals surface area contributed by atoms with Crippen LogP contribution in [0, 0.1) is 0 Å². The van der Waals surface area contributed by atoms with Gasteiger partial charge in [0.25, 0.3) is 0 Å². The normalized spacial score (nSPS) is 12.3. The van der Waals surface area contributed by atoms with Crippen LogP contribution in [0.4, 0.5) is 0 Å². The summed E-state index contributed by atoms with van der Waals surface area (Å²) in [4.78, 5) is 22.3. The summed E-state index contributed by atoms with van der Waals surface area (Å²) in [5.41, 5.74) is 5.35. The zero-order valence-corrected chi connectivity index (χ0v) is 30.0. The number of oxazole rings is 2. The Morgan fingerprint density at radius 2 is 1.04 bits per heavy atom. The Morgan fingerprint density at radius 1 is 0.582 bits per heavy atom. The number of benzene rings is 6. The number of rotatable bonds is 14. The molecular weight excluding hydrogens is 697 g/mol. The number of aromatic hydroxyl groups is 1. The van der Waals surface area contributed by atoms with Gasteiger partial charge in [0.15, 0.2) is 16.9 Å². The van der Waals surface area contributed by atoms with Crippen molar-refractivity contribution in [1.29, 1.82) is 0 Å². The standard InChI is InChI=1S/C45H36N2O8/c1-28(52-34-19-13-31(14-20-34)44-46-38-7-3-5-9-41(38)54-44)26-50-33-17-11-30(12-18-33)43(49)37-24-23-36(25-40(37)48)51-27-29(2)53-35-21-15-32(16-22-35)45-47-39-8-4-6-10-42(39)55-45/h3-25,28-29,48H,26-27H2,1-2H3. The topological polar surface area (TPSA) is 126 Å². The fraction of sp³-hybridized carbons (Fsp3) is 0.133. The molecule has 8 rings (SSSR count). The molecule has 0 saturated heterocycles. The molecule has 2 atom stereocenters. The number of ketones is 1. The number of fused-ring (bicyclic) bond motifs is 2. The highest BCUT2D eigenvalue weighted by Gasteiger charge is 2.17. The first-order valence-corrected chi connectivity index (χ1v) is 17.8. The van der Waals surface area contributed by atoms with Gasteiger partial charge in [-0.25, -0.2) is 9.97 Å². The van der Waals surface area contributed by atoms with E-state index < -0.39 is 0 Å². The van der Waals surface area contributed by atoms with Gasteiger partial charge in [-0.1, -0.05) is 24.3 Å². The van der Waals surface area contributed by atoms with Gasteiger partial charge in [0, 0.05) is 22.8 Å². The summed E-state index contributed by atoms with van der Waals surface area (Å²) in [6.45, 7) is 4.31. The molecule has 0 aliphatic rings. The Labute approximate surface area is 316 Å². The van der Waals surface area contributed by atoms with Crippen molar-refractivity contribution in [1.82, 2.24) is 9.97 Å². The number of phenols is 1. The Kier molecular flexibility index (Phi) is 9.86. The number of nitrogens with zero attached hydrogens (tertiary/aromatic N) is 2. The van der Waals surface area contributed by atoms with Crippen molar-refractivity contribution >= 4 is 28.0 Å². The molecule has 0 bridgehead atoms. The molecule has 0 amide bonds. The summed E-state index contributed by atoms with van der Waals surface area (Å²) in [5.74, 6) is 2.94. The molecule has 0 radical (unpaired) electrons. The molecule has 10 heteroatoms. The van der Waals surface area contributed by atoms with E-state index in [1.165, 1.54) is 6.07 Å². The quantitative estimate of drug-likeness (QED) is 0.108. The maximum Gasteiger partial charge on any atom is 0.227 e. The average molecular weight is 733 g/mol. The van der Waals surface area contributed by atoms with E-state index in [-0.39, 0.29) is 35.9 Å². The SMILES string of the molecule is CC(COc1ccc(C(=O)c2ccc(OCC(C)Oc3ccc(-c4nc5ccccc5o4)cc3)cc2O)cc1)Oc1ccc(-c2nc3ccccc3o2)cc1. The van der Waals surface area contributed by atoms with E-state index in [1.54, 1.807) is 36.4 Å². The molecule has 55 heavy (non-hydrogen) atoms. The van der Waals surface area contributed by atoms with Crippen molar-refractivity contribution in [3.05, 3.63) is 151 Å². The second-order valence-corrected chi connectivity index (χ2v) is 13.0. The van der Waals surface area contributed by atoms with E-state index in [4.69, 9.17) is 27.8 Å². The molecule has 0 spiro atoms. The lowest BCUT2D eigenvalue weighted by Crippen LogP contribution is -2.21. The first kappa shape index (κ1) is 35.0. The minimum Gasteiger partial charge on any atom is -0.507 e. The average Bonchev–Trinajstić information content (AvgIpc) is 3.85. The summed E-state index contributed by atoms with van der Waals surface area (Å²) in [5, 5.41) is 10.7. The summed E-state index contributed by atoms with van der Waals surface area (Å²) in [6.07, 6.45) is -0.546. The zero-order chi connectivity index (χ0) is 37.7. The number of carbonyl (C=O) groups excluding carboxylic acids is 1. The molecule has 274 valence electrons. The van der Waals surface area contributed by atoms with Crippen LogP contribution in [0.1, 0.15) is 29.8 Å². The van der Waals surface area contributed by atoms with Crippen LogP contribution in [-0.2, 0) is 0 Å². The molecule has 0 aliphatic heterocycles. The molecule has 8 aromatic rings. The van der Waals surface area contributed by atoms with Crippen LogP contribution in [0.3, 0.4) is 0 Å². The van der Waals surface area contributed by atoms with Gasteiger partial charge in [0.1, 0.15) is 65.2 Å². The lowest BCUT2D eigenvalue weighted by molar-refractivity contribution is 0.103. The van der Waals surface area contributed by atoms with E-state index in [1.807, 2.05) is 111 Å². The highest BCUT2D eigenvalue weighted by Crippen LogP contribution is 2.29. The lowest BCUT2D eigenvalue weighted by Gasteiger charge is -2.16. The summed E-state index contributed by atoms with van der Waals surface area (Å²) < 4.78 is 35.5. The van der Waals surface area contributed by atoms with E-state index in [0.29, 0.717) is 46.9 Å². The van der Waals surface area contributed by atoms with E-state index >= 15 is 0 Å². The van der Waals surface area contributed by atoms with Gasteiger partial charge in [-0.15, -0.1) is 0 Å². The Hall–Kier alpha value is -7.07. The highest BCUT2D eigenvalue weighted by molar-refractivity contribution is 6.10. The summed E-state index contributed by atoms with van der Waals surface area (Å²) in [7, 11) is 0. The summed E-state index contributed by atoms with van der Waals surface area (Å²) in [6, 6.07) is 41.7. The van der Waals surface area contributed by atoms with Gasteiger partial charge < -0.3 is 32.9 Å². The van der Waals surface area contributed by atoms with Crippen LogP contribution >= 0.6 is 0 Å². The monoisotopic (exact) mass is 732 g/mol. The van der Waals surface area contributed by atoms with E-state index in [2.05, 4.69) is 9.97 Å². The number of phenolic OH excluding ortho intramolecular Hbond substituents is 1.